The van der Waals surface area contributed by atoms with E-state index in [2.05, 4.69) is 17.6 Å². The Balaban J connectivity index is 1.90. The summed E-state index contributed by atoms with van der Waals surface area (Å²) in [5.74, 6) is 0.840. The first-order valence-corrected chi connectivity index (χ1v) is 7.27. The molecule has 2 unspecified atom stereocenters. The van der Waals surface area contributed by atoms with Crippen LogP contribution >= 0.6 is 0 Å². The van der Waals surface area contributed by atoms with Gasteiger partial charge in [0.05, 0.1) is 0 Å². The number of hydrogen-bond donors (Lipinski definition) is 2. The van der Waals surface area contributed by atoms with Crippen LogP contribution in [0.2, 0.25) is 0 Å². The Morgan fingerprint density at radius 1 is 1.05 bits per heavy atom. The van der Waals surface area contributed by atoms with Crippen LogP contribution in [0.3, 0.4) is 0 Å². The molecule has 3 heteroatoms. The Morgan fingerprint density at radius 2 is 1.74 bits per heavy atom. The summed E-state index contributed by atoms with van der Waals surface area (Å²) < 4.78 is 0. The van der Waals surface area contributed by atoms with Gasteiger partial charge in [-0.05, 0) is 49.4 Å². The van der Waals surface area contributed by atoms with Gasteiger partial charge in [0.1, 0.15) is 0 Å². The number of nitrogens with one attached hydrogen (secondary N) is 2. The van der Waals surface area contributed by atoms with Gasteiger partial charge in [-0.1, -0.05) is 19.8 Å². The zero-order valence-corrected chi connectivity index (χ0v) is 11.9. The lowest BCUT2D eigenvalue weighted by Gasteiger charge is -2.18. The average Bonchev–Trinajstić information content (AvgIpc) is 2.56. The number of benzene rings is 1. The van der Waals surface area contributed by atoms with Crippen LogP contribution in [0.15, 0.2) is 24.3 Å². The predicted molar refractivity (Wildman–Crippen MR) is 80.4 cm³/mol. The van der Waals surface area contributed by atoms with Gasteiger partial charge in [0.15, 0.2) is 0 Å². The number of amides is 1. The van der Waals surface area contributed by atoms with Crippen molar-refractivity contribution in [3.05, 3.63) is 24.3 Å². The molecule has 19 heavy (non-hydrogen) atoms. The molecule has 2 N–H and O–H groups in total. The van der Waals surface area contributed by atoms with Crippen LogP contribution in [-0.4, -0.2) is 11.9 Å². The third-order valence-electron chi connectivity index (χ3n) is 3.83. The van der Waals surface area contributed by atoms with Crippen molar-refractivity contribution in [3.63, 3.8) is 0 Å². The van der Waals surface area contributed by atoms with Crippen LogP contribution in [0, 0.1) is 5.92 Å². The van der Waals surface area contributed by atoms with Crippen LogP contribution in [-0.2, 0) is 4.79 Å². The first-order valence-electron chi connectivity index (χ1n) is 7.27. The first kappa shape index (κ1) is 13.9. The van der Waals surface area contributed by atoms with Crippen LogP contribution in [0.25, 0.3) is 0 Å². The fourth-order valence-electron chi connectivity index (χ4n) is 2.72. The molecule has 0 aliphatic heterocycles. The number of carbonyl (C=O) groups is 1. The van der Waals surface area contributed by atoms with Crippen molar-refractivity contribution in [1.82, 2.24) is 0 Å². The highest BCUT2D eigenvalue weighted by atomic mass is 16.1. The minimum absolute atomic E-state index is 0.0292. The molecule has 2 rings (SSSR count). The summed E-state index contributed by atoms with van der Waals surface area (Å²) in [6.45, 7) is 3.88. The molecule has 1 aromatic rings. The van der Waals surface area contributed by atoms with Crippen molar-refractivity contribution in [3.8, 4) is 0 Å². The number of anilines is 2. The Bertz CT molecular complexity index is 413. The van der Waals surface area contributed by atoms with Crippen molar-refractivity contribution >= 4 is 17.3 Å². The predicted octanol–water partition coefficient (Wildman–Crippen LogP) is 4.03. The summed E-state index contributed by atoms with van der Waals surface area (Å²) in [4.78, 5) is 11.0. The maximum atomic E-state index is 11.0. The van der Waals surface area contributed by atoms with E-state index in [0.29, 0.717) is 6.04 Å². The minimum atomic E-state index is -0.0292. The number of carbonyl (C=O) groups excluding carboxylic acids is 1. The summed E-state index contributed by atoms with van der Waals surface area (Å²) in [7, 11) is 0. The second-order valence-electron chi connectivity index (χ2n) is 5.71. The molecule has 1 amide bonds. The molecular weight excluding hydrogens is 236 g/mol. The molecule has 0 bridgehead atoms. The Hall–Kier alpha value is -1.51. The summed E-state index contributed by atoms with van der Waals surface area (Å²) in [5.41, 5.74) is 2.00. The van der Waals surface area contributed by atoms with E-state index in [-0.39, 0.29) is 5.91 Å². The van der Waals surface area contributed by atoms with Crippen molar-refractivity contribution in [1.29, 1.82) is 0 Å². The van der Waals surface area contributed by atoms with E-state index in [1.165, 1.54) is 39.0 Å². The lowest BCUT2D eigenvalue weighted by molar-refractivity contribution is -0.114. The van der Waals surface area contributed by atoms with Gasteiger partial charge in [0.2, 0.25) is 5.91 Å². The fraction of sp³-hybridized carbons (Fsp3) is 0.562. The summed E-state index contributed by atoms with van der Waals surface area (Å²) >= 11 is 0. The monoisotopic (exact) mass is 260 g/mol. The smallest absolute Gasteiger partial charge is 0.221 e. The van der Waals surface area contributed by atoms with E-state index in [4.69, 9.17) is 0 Å². The molecule has 1 saturated carbocycles. The lowest BCUT2D eigenvalue weighted by atomic mass is 10.0. The van der Waals surface area contributed by atoms with Crippen LogP contribution in [0.5, 0.6) is 0 Å². The largest absolute Gasteiger partial charge is 0.382 e. The molecule has 0 radical (unpaired) electrons. The molecule has 104 valence electrons. The lowest BCUT2D eigenvalue weighted by Crippen LogP contribution is -2.18. The molecular formula is C16H24N2O. The van der Waals surface area contributed by atoms with Crippen molar-refractivity contribution < 1.29 is 4.79 Å². The molecule has 1 aliphatic rings. The molecule has 1 aromatic carbocycles. The van der Waals surface area contributed by atoms with Crippen molar-refractivity contribution in [2.24, 2.45) is 5.92 Å². The first-order chi connectivity index (χ1) is 9.13. The Labute approximate surface area is 115 Å². The number of rotatable bonds is 3. The Kier molecular flexibility index (Phi) is 4.83. The van der Waals surface area contributed by atoms with Gasteiger partial charge in [-0.25, -0.2) is 0 Å². The third-order valence-corrected chi connectivity index (χ3v) is 3.83. The van der Waals surface area contributed by atoms with Gasteiger partial charge in [0.25, 0.3) is 0 Å². The zero-order chi connectivity index (χ0) is 13.7. The summed E-state index contributed by atoms with van der Waals surface area (Å²) in [5, 5.41) is 6.39. The third kappa shape index (κ3) is 4.58. The van der Waals surface area contributed by atoms with Crippen LogP contribution < -0.4 is 10.6 Å². The minimum Gasteiger partial charge on any atom is -0.382 e. The van der Waals surface area contributed by atoms with E-state index in [1.807, 2.05) is 24.3 Å². The van der Waals surface area contributed by atoms with E-state index >= 15 is 0 Å². The molecule has 0 spiro atoms. The van der Waals surface area contributed by atoms with Gasteiger partial charge in [-0.3, -0.25) is 4.79 Å². The van der Waals surface area contributed by atoms with Crippen molar-refractivity contribution in [2.45, 2.75) is 52.0 Å². The van der Waals surface area contributed by atoms with Gasteiger partial charge in [0, 0.05) is 24.3 Å². The molecule has 0 heterocycles. The standard InChI is InChI=1S/C16H24N2O/c1-12-4-3-5-14(7-6-12)18-16-10-8-15(9-11-16)17-13(2)19/h8-12,14,18H,3-7H2,1-2H3,(H,17,19). The van der Waals surface area contributed by atoms with Gasteiger partial charge in [-0.2, -0.15) is 0 Å². The Morgan fingerprint density at radius 3 is 2.42 bits per heavy atom. The second-order valence-corrected chi connectivity index (χ2v) is 5.71. The molecule has 0 aromatic heterocycles. The van der Waals surface area contributed by atoms with E-state index in [9.17, 15) is 4.79 Å². The molecule has 1 aliphatic carbocycles. The summed E-state index contributed by atoms with van der Waals surface area (Å²) in [6.07, 6.45) is 6.52. The quantitative estimate of drug-likeness (QED) is 0.806. The van der Waals surface area contributed by atoms with Crippen LogP contribution in [0.4, 0.5) is 11.4 Å². The zero-order valence-electron chi connectivity index (χ0n) is 11.9. The summed E-state index contributed by atoms with van der Waals surface area (Å²) in [6, 6.07) is 8.57. The SMILES string of the molecule is CC(=O)Nc1ccc(NC2CCCC(C)CC2)cc1. The highest BCUT2D eigenvalue weighted by molar-refractivity contribution is 5.88. The van der Waals surface area contributed by atoms with E-state index in [0.717, 1.165) is 17.3 Å². The maximum absolute atomic E-state index is 11.0. The molecule has 0 saturated heterocycles. The average molecular weight is 260 g/mol. The number of hydrogen-bond acceptors (Lipinski definition) is 2. The van der Waals surface area contributed by atoms with Gasteiger partial charge in [-0.15, -0.1) is 0 Å². The van der Waals surface area contributed by atoms with Crippen LogP contribution in [0.1, 0.15) is 46.0 Å². The topological polar surface area (TPSA) is 41.1 Å². The highest BCUT2D eigenvalue weighted by Crippen LogP contribution is 2.25. The molecule has 1 fully saturated rings. The fourth-order valence-corrected chi connectivity index (χ4v) is 2.72. The highest BCUT2D eigenvalue weighted by Gasteiger charge is 2.15. The second kappa shape index (κ2) is 6.60. The van der Waals surface area contributed by atoms with Gasteiger partial charge < -0.3 is 10.6 Å². The van der Waals surface area contributed by atoms with E-state index in [1.54, 1.807) is 0 Å². The normalized spacial score (nSPS) is 23.5. The molecule has 3 nitrogen and oxygen atoms in total. The molecule has 2 atom stereocenters. The van der Waals surface area contributed by atoms with Crippen molar-refractivity contribution in [2.75, 3.05) is 10.6 Å². The maximum Gasteiger partial charge on any atom is 0.221 e. The van der Waals surface area contributed by atoms with E-state index < -0.39 is 0 Å². The van der Waals surface area contributed by atoms with Gasteiger partial charge >= 0.3 is 0 Å².